The van der Waals surface area contributed by atoms with E-state index >= 15 is 0 Å². The monoisotopic (exact) mass is 480 g/mol. The summed E-state index contributed by atoms with van der Waals surface area (Å²) in [4.78, 5) is 62.9. The van der Waals surface area contributed by atoms with Gasteiger partial charge in [-0.1, -0.05) is 12.1 Å². The summed E-state index contributed by atoms with van der Waals surface area (Å²) in [5.74, 6) is -3.13. The zero-order chi connectivity index (χ0) is 26.1. The van der Waals surface area contributed by atoms with Crippen LogP contribution in [-0.2, 0) is 28.7 Å². The van der Waals surface area contributed by atoms with Gasteiger partial charge in [-0.25, -0.2) is 4.79 Å². The molecule has 0 saturated carbocycles. The average Bonchev–Trinajstić information content (AvgIpc) is 2.73. The van der Waals surface area contributed by atoms with E-state index in [0.29, 0.717) is 5.56 Å². The van der Waals surface area contributed by atoms with E-state index < -0.39 is 60.4 Å². The molecule has 2 unspecified atom stereocenters. The standard InChI is InChI=1S/C22H32N4O8/c1-6-26(20(31)15(11-16(23)28)25-21(32)34-22(2,3)4)18(13-7-9-14(27)10-8-13)19(30)24-12-17(29)33-5/h7-10,15,18,27H,6,11-12H2,1-5H3,(H2,23,28)(H,24,30)(H,25,32). The van der Waals surface area contributed by atoms with Gasteiger partial charge in [-0.2, -0.15) is 0 Å². The molecule has 0 spiro atoms. The van der Waals surface area contributed by atoms with Gasteiger partial charge in [0.05, 0.1) is 13.5 Å². The topological polar surface area (TPSA) is 177 Å². The van der Waals surface area contributed by atoms with Crippen LogP contribution in [0.3, 0.4) is 0 Å². The highest BCUT2D eigenvalue weighted by Gasteiger charge is 2.36. The number of hydrogen-bond donors (Lipinski definition) is 4. The summed E-state index contributed by atoms with van der Waals surface area (Å²) in [6, 6.07) is 2.83. The Morgan fingerprint density at radius 1 is 1.12 bits per heavy atom. The quantitative estimate of drug-likeness (QED) is 0.346. The number of carbonyl (C=O) groups is 5. The van der Waals surface area contributed by atoms with Crippen LogP contribution in [0.1, 0.15) is 45.7 Å². The van der Waals surface area contributed by atoms with E-state index in [1.807, 2.05) is 0 Å². The van der Waals surface area contributed by atoms with Crippen molar-refractivity contribution in [1.29, 1.82) is 0 Å². The van der Waals surface area contributed by atoms with Crippen molar-refractivity contribution in [3.05, 3.63) is 29.8 Å². The third kappa shape index (κ3) is 8.96. The molecule has 0 aliphatic carbocycles. The number of alkyl carbamates (subject to hydrolysis) is 1. The smallest absolute Gasteiger partial charge is 0.408 e. The first-order valence-corrected chi connectivity index (χ1v) is 10.5. The highest BCUT2D eigenvalue weighted by atomic mass is 16.6. The lowest BCUT2D eigenvalue weighted by Crippen LogP contribution is -2.54. The lowest BCUT2D eigenvalue weighted by Gasteiger charge is -2.33. The van der Waals surface area contributed by atoms with E-state index in [1.165, 1.54) is 24.3 Å². The first-order chi connectivity index (χ1) is 15.8. The van der Waals surface area contributed by atoms with Gasteiger partial charge in [0.2, 0.25) is 17.7 Å². The van der Waals surface area contributed by atoms with Crippen molar-refractivity contribution in [2.24, 2.45) is 5.73 Å². The van der Waals surface area contributed by atoms with E-state index in [4.69, 9.17) is 10.5 Å². The minimum Gasteiger partial charge on any atom is -0.508 e. The van der Waals surface area contributed by atoms with Gasteiger partial charge in [0, 0.05) is 6.54 Å². The molecule has 0 bridgehead atoms. The molecular formula is C22H32N4O8. The molecule has 12 heteroatoms. The first-order valence-electron chi connectivity index (χ1n) is 10.5. The van der Waals surface area contributed by atoms with Crippen LogP contribution in [0.25, 0.3) is 0 Å². The number of esters is 1. The third-order valence-electron chi connectivity index (χ3n) is 4.42. The normalized spacial score (nSPS) is 12.6. The molecule has 188 valence electrons. The number of hydrogen-bond acceptors (Lipinski definition) is 8. The second-order valence-corrected chi connectivity index (χ2v) is 8.28. The van der Waals surface area contributed by atoms with Crippen LogP contribution < -0.4 is 16.4 Å². The van der Waals surface area contributed by atoms with Gasteiger partial charge in [0.25, 0.3) is 0 Å². The zero-order valence-corrected chi connectivity index (χ0v) is 19.9. The first kappa shape index (κ1) is 28.2. The molecular weight excluding hydrogens is 448 g/mol. The lowest BCUT2D eigenvalue weighted by atomic mass is 10.0. The second kappa shape index (κ2) is 12.4. The fraction of sp³-hybridized carbons (Fsp3) is 0.500. The summed E-state index contributed by atoms with van der Waals surface area (Å²) >= 11 is 0. The number of carbonyl (C=O) groups excluding carboxylic acids is 5. The minimum atomic E-state index is -1.42. The number of ether oxygens (including phenoxy) is 2. The number of amides is 4. The molecule has 1 rings (SSSR count). The Morgan fingerprint density at radius 2 is 1.71 bits per heavy atom. The number of rotatable bonds is 10. The molecule has 0 heterocycles. The molecule has 5 N–H and O–H groups in total. The maximum Gasteiger partial charge on any atom is 0.408 e. The number of primary amides is 1. The highest BCUT2D eigenvalue weighted by Crippen LogP contribution is 2.24. The Kier molecular flexibility index (Phi) is 10.3. The third-order valence-corrected chi connectivity index (χ3v) is 4.42. The van der Waals surface area contributed by atoms with Crippen LogP contribution in [0.5, 0.6) is 5.75 Å². The van der Waals surface area contributed by atoms with E-state index in [1.54, 1.807) is 27.7 Å². The molecule has 0 aliphatic rings. The van der Waals surface area contributed by atoms with E-state index in [-0.39, 0.29) is 12.3 Å². The largest absolute Gasteiger partial charge is 0.508 e. The molecule has 1 aromatic carbocycles. The fourth-order valence-corrected chi connectivity index (χ4v) is 2.97. The number of nitrogens with two attached hydrogens (primary N) is 1. The molecule has 2 atom stereocenters. The second-order valence-electron chi connectivity index (χ2n) is 8.28. The van der Waals surface area contributed by atoms with Gasteiger partial charge in [-0.05, 0) is 45.4 Å². The number of methoxy groups -OCH3 is 1. The molecule has 0 radical (unpaired) electrons. The molecule has 1 aromatic rings. The zero-order valence-electron chi connectivity index (χ0n) is 19.9. The lowest BCUT2D eigenvalue weighted by molar-refractivity contribution is -0.145. The van der Waals surface area contributed by atoms with Crippen LogP contribution in [0.4, 0.5) is 4.79 Å². The maximum atomic E-state index is 13.4. The predicted molar refractivity (Wildman–Crippen MR) is 120 cm³/mol. The average molecular weight is 481 g/mol. The molecule has 12 nitrogen and oxygen atoms in total. The van der Waals surface area contributed by atoms with Gasteiger partial charge in [-0.15, -0.1) is 0 Å². The van der Waals surface area contributed by atoms with Crippen molar-refractivity contribution >= 4 is 29.8 Å². The van der Waals surface area contributed by atoms with Crippen LogP contribution >= 0.6 is 0 Å². The Morgan fingerprint density at radius 3 is 2.18 bits per heavy atom. The van der Waals surface area contributed by atoms with Gasteiger partial charge in [-0.3, -0.25) is 19.2 Å². The Hall–Kier alpha value is -3.83. The molecule has 0 aliphatic heterocycles. The summed E-state index contributed by atoms with van der Waals surface area (Å²) < 4.78 is 9.69. The Labute approximate surface area is 197 Å². The number of aromatic hydroxyl groups is 1. The van der Waals surface area contributed by atoms with Crippen LogP contribution in [0.15, 0.2) is 24.3 Å². The van der Waals surface area contributed by atoms with Gasteiger partial charge >= 0.3 is 12.1 Å². The van der Waals surface area contributed by atoms with Crippen molar-refractivity contribution in [3.63, 3.8) is 0 Å². The molecule has 0 aromatic heterocycles. The number of likely N-dealkylation sites (N-methyl/N-ethyl adjacent to an activating group) is 1. The molecule has 0 saturated heterocycles. The minimum absolute atomic E-state index is 0.0126. The van der Waals surface area contributed by atoms with Crippen LogP contribution in [0.2, 0.25) is 0 Å². The molecule has 34 heavy (non-hydrogen) atoms. The van der Waals surface area contributed by atoms with Crippen molar-refractivity contribution in [3.8, 4) is 5.75 Å². The van der Waals surface area contributed by atoms with Crippen molar-refractivity contribution in [2.45, 2.75) is 51.8 Å². The van der Waals surface area contributed by atoms with E-state index in [9.17, 15) is 29.1 Å². The SMILES string of the molecule is CCN(C(=O)C(CC(N)=O)NC(=O)OC(C)(C)C)C(C(=O)NCC(=O)OC)c1ccc(O)cc1. The number of benzene rings is 1. The Balaban J connectivity index is 3.32. The van der Waals surface area contributed by atoms with Crippen LogP contribution in [0, 0.1) is 0 Å². The number of nitrogens with one attached hydrogen (secondary N) is 2. The molecule has 4 amide bonds. The van der Waals surface area contributed by atoms with Crippen LogP contribution in [-0.4, -0.2) is 71.6 Å². The summed E-state index contributed by atoms with van der Waals surface area (Å²) in [5, 5.41) is 14.3. The number of nitrogens with zero attached hydrogens (tertiary/aromatic N) is 1. The van der Waals surface area contributed by atoms with E-state index in [2.05, 4.69) is 15.4 Å². The predicted octanol–water partition coefficient (Wildman–Crippen LogP) is 0.340. The summed E-state index contributed by atoms with van der Waals surface area (Å²) in [6.45, 7) is 6.01. The van der Waals surface area contributed by atoms with Gasteiger partial charge in [0.1, 0.15) is 30.0 Å². The number of phenolic OH excluding ortho intramolecular Hbond substituents is 1. The number of phenols is 1. The summed E-state index contributed by atoms with van der Waals surface area (Å²) in [7, 11) is 1.16. The summed E-state index contributed by atoms with van der Waals surface area (Å²) in [5.41, 5.74) is 4.72. The highest BCUT2D eigenvalue weighted by molar-refractivity contribution is 5.95. The van der Waals surface area contributed by atoms with Crippen molar-refractivity contribution in [2.75, 3.05) is 20.2 Å². The maximum absolute atomic E-state index is 13.4. The van der Waals surface area contributed by atoms with Gasteiger partial charge in [0.15, 0.2) is 0 Å². The van der Waals surface area contributed by atoms with Crippen molar-refractivity contribution < 1.29 is 38.6 Å². The fourth-order valence-electron chi connectivity index (χ4n) is 2.97. The van der Waals surface area contributed by atoms with Crippen molar-refractivity contribution in [1.82, 2.24) is 15.5 Å². The Bertz CT molecular complexity index is 895. The molecule has 0 fully saturated rings. The van der Waals surface area contributed by atoms with E-state index in [0.717, 1.165) is 12.0 Å². The summed E-state index contributed by atoms with van der Waals surface area (Å²) in [6.07, 6.45) is -1.49. The van der Waals surface area contributed by atoms with Gasteiger partial charge < -0.3 is 35.8 Å².